The molecule has 2 unspecified atom stereocenters. The van der Waals surface area contributed by atoms with E-state index in [0.717, 1.165) is 23.2 Å². The van der Waals surface area contributed by atoms with Crippen molar-refractivity contribution in [1.82, 2.24) is 0 Å². The average molecular weight is 205 g/mol. The number of anilines is 1. The van der Waals surface area contributed by atoms with Crippen molar-refractivity contribution in [1.29, 1.82) is 0 Å². The summed E-state index contributed by atoms with van der Waals surface area (Å²) < 4.78 is 0. The predicted octanol–water partition coefficient (Wildman–Crippen LogP) is 2.19. The van der Waals surface area contributed by atoms with Crippen molar-refractivity contribution < 1.29 is 9.90 Å². The molecule has 1 heterocycles. The quantitative estimate of drug-likeness (QED) is 0.777. The lowest BCUT2D eigenvalue weighted by Gasteiger charge is -2.09. The van der Waals surface area contributed by atoms with E-state index in [1.807, 2.05) is 25.1 Å². The second-order valence-electron chi connectivity index (χ2n) is 3.97. The highest BCUT2D eigenvalue weighted by Crippen LogP contribution is 2.35. The Morgan fingerprint density at radius 1 is 1.53 bits per heavy atom. The van der Waals surface area contributed by atoms with E-state index in [2.05, 4.69) is 5.32 Å². The topological polar surface area (TPSA) is 49.3 Å². The van der Waals surface area contributed by atoms with Crippen LogP contribution in [0.15, 0.2) is 18.2 Å². The van der Waals surface area contributed by atoms with Crippen molar-refractivity contribution in [2.24, 2.45) is 0 Å². The number of aliphatic hydroxyl groups is 1. The van der Waals surface area contributed by atoms with Crippen LogP contribution < -0.4 is 5.32 Å². The number of carbonyl (C=O) groups is 1. The van der Waals surface area contributed by atoms with Gasteiger partial charge in [0.05, 0.1) is 12.0 Å². The third-order valence-corrected chi connectivity index (χ3v) is 2.92. The summed E-state index contributed by atoms with van der Waals surface area (Å²) in [5.74, 6) is 0.00828. The van der Waals surface area contributed by atoms with Gasteiger partial charge in [0.15, 0.2) is 0 Å². The predicted molar refractivity (Wildman–Crippen MR) is 58.7 cm³/mol. The molecule has 2 rings (SSSR count). The second kappa shape index (κ2) is 3.66. The molecule has 0 spiro atoms. The van der Waals surface area contributed by atoms with E-state index in [1.54, 1.807) is 6.92 Å². The summed E-state index contributed by atoms with van der Waals surface area (Å²) in [6, 6.07) is 5.64. The second-order valence-corrected chi connectivity index (χ2v) is 3.97. The molecule has 1 aromatic rings. The van der Waals surface area contributed by atoms with Gasteiger partial charge in [0.2, 0.25) is 5.91 Å². The van der Waals surface area contributed by atoms with E-state index < -0.39 is 6.10 Å². The SMILES string of the molecule is CCC1C(=O)Nc2ccc(C(C)O)cc21. The molecule has 0 aromatic heterocycles. The monoisotopic (exact) mass is 205 g/mol. The molecular weight excluding hydrogens is 190 g/mol. The molecular formula is C12H15NO2. The Bertz CT molecular complexity index is 399. The van der Waals surface area contributed by atoms with E-state index in [1.165, 1.54) is 0 Å². The molecule has 0 fully saturated rings. The highest BCUT2D eigenvalue weighted by molar-refractivity contribution is 6.02. The molecule has 1 amide bonds. The molecule has 1 aliphatic heterocycles. The summed E-state index contributed by atoms with van der Waals surface area (Å²) in [4.78, 5) is 11.6. The van der Waals surface area contributed by atoms with E-state index >= 15 is 0 Å². The van der Waals surface area contributed by atoms with E-state index in [9.17, 15) is 9.90 Å². The molecule has 0 radical (unpaired) electrons. The smallest absolute Gasteiger partial charge is 0.231 e. The van der Waals surface area contributed by atoms with Crippen LogP contribution >= 0.6 is 0 Å². The fourth-order valence-corrected chi connectivity index (χ4v) is 2.01. The Hall–Kier alpha value is -1.35. The molecule has 2 N–H and O–H groups in total. The van der Waals surface area contributed by atoms with Crippen LogP contribution in [0.5, 0.6) is 0 Å². The highest BCUT2D eigenvalue weighted by Gasteiger charge is 2.29. The first-order chi connectivity index (χ1) is 7.13. The zero-order chi connectivity index (χ0) is 11.0. The van der Waals surface area contributed by atoms with Crippen molar-refractivity contribution >= 4 is 11.6 Å². The van der Waals surface area contributed by atoms with Crippen molar-refractivity contribution in [2.75, 3.05) is 5.32 Å². The molecule has 0 aliphatic carbocycles. The van der Waals surface area contributed by atoms with Gasteiger partial charge in [-0.3, -0.25) is 4.79 Å². The molecule has 1 aromatic carbocycles. The standard InChI is InChI=1S/C12H15NO2/c1-3-9-10-6-8(7(2)14)4-5-11(10)13-12(9)15/h4-7,9,14H,3H2,1-2H3,(H,13,15). The van der Waals surface area contributed by atoms with Gasteiger partial charge in [0.1, 0.15) is 0 Å². The maximum Gasteiger partial charge on any atom is 0.231 e. The van der Waals surface area contributed by atoms with Crippen LogP contribution in [0, 0.1) is 0 Å². The third-order valence-electron chi connectivity index (χ3n) is 2.92. The molecule has 80 valence electrons. The van der Waals surface area contributed by atoms with Gasteiger partial charge in [-0.05, 0) is 30.5 Å². The summed E-state index contributed by atoms with van der Waals surface area (Å²) in [5.41, 5.74) is 2.76. The lowest BCUT2D eigenvalue weighted by Crippen LogP contribution is -2.10. The highest BCUT2D eigenvalue weighted by atomic mass is 16.3. The minimum Gasteiger partial charge on any atom is -0.389 e. The number of hydrogen-bond donors (Lipinski definition) is 2. The Morgan fingerprint density at radius 3 is 2.87 bits per heavy atom. The van der Waals surface area contributed by atoms with Gasteiger partial charge >= 0.3 is 0 Å². The van der Waals surface area contributed by atoms with Crippen LogP contribution in [0.4, 0.5) is 5.69 Å². The Kier molecular flexibility index (Phi) is 2.49. The van der Waals surface area contributed by atoms with Crippen LogP contribution in [0.3, 0.4) is 0 Å². The first-order valence-electron chi connectivity index (χ1n) is 5.26. The molecule has 3 heteroatoms. The average Bonchev–Trinajstić information content (AvgIpc) is 2.51. The zero-order valence-electron chi connectivity index (χ0n) is 8.95. The van der Waals surface area contributed by atoms with Gasteiger partial charge in [-0.2, -0.15) is 0 Å². The maximum atomic E-state index is 11.6. The molecule has 0 saturated carbocycles. The first kappa shape index (κ1) is 10.2. The van der Waals surface area contributed by atoms with Crippen molar-refractivity contribution in [3.05, 3.63) is 29.3 Å². The number of rotatable bonds is 2. The van der Waals surface area contributed by atoms with Crippen molar-refractivity contribution in [3.63, 3.8) is 0 Å². The first-order valence-corrected chi connectivity index (χ1v) is 5.26. The Morgan fingerprint density at radius 2 is 2.27 bits per heavy atom. The van der Waals surface area contributed by atoms with Crippen LogP contribution in [-0.2, 0) is 4.79 Å². The van der Waals surface area contributed by atoms with E-state index in [-0.39, 0.29) is 11.8 Å². The number of hydrogen-bond acceptors (Lipinski definition) is 2. The summed E-state index contributed by atoms with van der Waals surface area (Å²) in [6.45, 7) is 3.72. The van der Waals surface area contributed by atoms with E-state index in [0.29, 0.717) is 0 Å². The number of amides is 1. The van der Waals surface area contributed by atoms with Gasteiger partial charge in [-0.15, -0.1) is 0 Å². The number of carbonyl (C=O) groups excluding carboxylic acids is 1. The third kappa shape index (κ3) is 1.63. The zero-order valence-corrected chi connectivity index (χ0v) is 8.95. The number of fused-ring (bicyclic) bond motifs is 1. The Labute approximate surface area is 89.1 Å². The minimum atomic E-state index is -0.483. The number of aliphatic hydroxyl groups excluding tert-OH is 1. The lowest BCUT2D eigenvalue weighted by atomic mass is 9.95. The van der Waals surface area contributed by atoms with Crippen molar-refractivity contribution in [3.8, 4) is 0 Å². The molecule has 15 heavy (non-hydrogen) atoms. The lowest BCUT2D eigenvalue weighted by molar-refractivity contribution is -0.117. The van der Waals surface area contributed by atoms with Gasteiger partial charge in [-0.25, -0.2) is 0 Å². The van der Waals surface area contributed by atoms with Gasteiger partial charge < -0.3 is 10.4 Å². The number of benzene rings is 1. The Balaban J connectivity index is 2.44. The summed E-state index contributed by atoms with van der Waals surface area (Å²) in [6.07, 6.45) is 0.311. The molecule has 3 nitrogen and oxygen atoms in total. The molecule has 2 atom stereocenters. The van der Waals surface area contributed by atoms with Crippen LogP contribution in [0.1, 0.15) is 43.4 Å². The molecule has 0 bridgehead atoms. The van der Waals surface area contributed by atoms with Gasteiger partial charge in [-0.1, -0.05) is 19.1 Å². The van der Waals surface area contributed by atoms with Crippen LogP contribution in [0.2, 0.25) is 0 Å². The fourth-order valence-electron chi connectivity index (χ4n) is 2.01. The van der Waals surface area contributed by atoms with Gasteiger partial charge in [0, 0.05) is 5.69 Å². The fraction of sp³-hybridized carbons (Fsp3) is 0.417. The maximum absolute atomic E-state index is 11.6. The van der Waals surface area contributed by atoms with Gasteiger partial charge in [0.25, 0.3) is 0 Å². The van der Waals surface area contributed by atoms with Crippen LogP contribution in [-0.4, -0.2) is 11.0 Å². The minimum absolute atomic E-state index is 0.0568. The van der Waals surface area contributed by atoms with Crippen LogP contribution in [0.25, 0.3) is 0 Å². The molecule has 0 saturated heterocycles. The van der Waals surface area contributed by atoms with E-state index in [4.69, 9.17) is 0 Å². The largest absolute Gasteiger partial charge is 0.389 e. The number of nitrogens with one attached hydrogen (secondary N) is 1. The summed E-state index contributed by atoms with van der Waals surface area (Å²) in [5, 5.41) is 12.3. The summed E-state index contributed by atoms with van der Waals surface area (Å²) in [7, 11) is 0. The normalized spacial score (nSPS) is 21.0. The van der Waals surface area contributed by atoms with Crippen molar-refractivity contribution in [2.45, 2.75) is 32.3 Å². The molecule has 1 aliphatic rings. The summed E-state index contributed by atoms with van der Waals surface area (Å²) >= 11 is 0.